The topological polar surface area (TPSA) is 37.3 Å². The number of fused-ring (bicyclic) bond motifs is 2. The van der Waals surface area contributed by atoms with Crippen LogP contribution >= 0.6 is 0 Å². The van der Waals surface area contributed by atoms with Crippen molar-refractivity contribution in [3.63, 3.8) is 0 Å². The van der Waals surface area contributed by atoms with Crippen LogP contribution in [0.25, 0.3) is 0 Å². The van der Waals surface area contributed by atoms with Gasteiger partial charge in [-0.3, -0.25) is 0 Å². The average Bonchev–Trinajstić information content (AvgIpc) is 2.57. The first-order valence-electron chi connectivity index (χ1n) is 5.79. The van der Waals surface area contributed by atoms with Gasteiger partial charge in [-0.05, 0) is 49.4 Å². The van der Waals surface area contributed by atoms with Gasteiger partial charge in [0.15, 0.2) is 0 Å². The highest BCUT2D eigenvalue weighted by Crippen LogP contribution is 2.64. The lowest BCUT2D eigenvalue weighted by Gasteiger charge is -2.40. The fraction of sp³-hybridized carbons (Fsp3) is 0.769. The van der Waals surface area contributed by atoms with Crippen LogP contribution in [-0.2, 0) is 4.79 Å². The standard InChI is InChI=1S/C13H20O2/c1-9(11(14)15)6-13(3)8-10-4-5-12(13,2)7-10/h6,10H,4-5,7-8H2,1-3H3,(H,14,15). The van der Waals surface area contributed by atoms with Crippen LogP contribution in [0.4, 0.5) is 0 Å². The predicted molar refractivity (Wildman–Crippen MR) is 59.6 cm³/mol. The van der Waals surface area contributed by atoms with E-state index in [2.05, 4.69) is 13.8 Å². The summed E-state index contributed by atoms with van der Waals surface area (Å²) in [6.45, 7) is 6.27. The third-order valence-electron chi connectivity index (χ3n) is 4.81. The van der Waals surface area contributed by atoms with E-state index in [1.807, 2.05) is 6.08 Å². The number of carboxylic acids is 1. The smallest absolute Gasteiger partial charge is 0.330 e. The molecule has 3 unspecified atom stereocenters. The van der Waals surface area contributed by atoms with Crippen LogP contribution in [-0.4, -0.2) is 11.1 Å². The summed E-state index contributed by atoms with van der Waals surface area (Å²) in [5.74, 6) is 0.0560. The zero-order valence-electron chi connectivity index (χ0n) is 9.84. The van der Waals surface area contributed by atoms with Crippen LogP contribution in [0.1, 0.15) is 46.5 Å². The van der Waals surface area contributed by atoms with Gasteiger partial charge in [0.1, 0.15) is 0 Å². The summed E-state index contributed by atoms with van der Waals surface area (Å²) in [6.07, 6.45) is 7.07. The molecule has 0 aromatic heterocycles. The molecule has 0 heterocycles. The summed E-state index contributed by atoms with van der Waals surface area (Å²) in [4.78, 5) is 10.9. The van der Waals surface area contributed by atoms with Crippen LogP contribution in [0.5, 0.6) is 0 Å². The van der Waals surface area contributed by atoms with Crippen LogP contribution in [0.3, 0.4) is 0 Å². The van der Waals surface area contributed by atoms with Gasteiger partial charge in [0, 0.05) is 5.57 Å². The molecule has 0 aromatic rings. The number of hydrogen-bond acceptors (Lipinski definition) is 1. The molecule has 1 N–H and O–H groups in total. The van der Waals surface area contributed by atoms with Crippen molar-refractivity contribution in [3.8, 4) is 0 Å². The predicted octanol–water partition coefficient (Wildman–Crippen LogP) is 3.23. The Balaban J connectivity index is 2.29. The highest BCUT2D eigenvalue weighted by Gasteiger charge is 2.55. The van der Waals surface area contributed by atoms with Crippen molar-refractivity contribution in [3.05, 3.63) is 11.6 Å². The maximum Gasteiger partial charge on any atom is 0.330 e. The van der Waals surface area contributed by atoms with E-state index in [0.717, 1.165) is 5.92 Å². The molecule has 2 bridgehead atoms. The fourth-order valence-corrected chi connectivity index (χ4v) is 3.68. The van der Waals surface area contributed by atoms with Gasteiger partial charge in [0.25, 0.3) is 0 Å². The average molecular weight is 208 g/mol. The molecular formula is C13H20O2. The van der Waals surface area contributed by atoms with E-state index in [1.165, 1.54) is 25.7 Å². The Labute approximate surface area is 91.4 Å². The third-order valence-corrected chi connectivity index (χ3v) is 4.81. The Morgan fingerprint density at radius 2 is 2.07 bits per heavy atom. The molecule has 0 saturated heterocycles. The Kier molecular flexibility index (Phi) is 2.21. The van der Waals surface area contributed by atoms with E-state index in [-0.39, 0.29) is 5.41 Å². The van der Waals surface area contributed by atoms with Crippen LogP contribution in [0.15, 0.2) is 11.6 Å². The molecule has 0 aliphatic heterocycles. The normalized spacial score (nSPS) is 44.7. The van der Waals surface area contributed by atoms with Gasteiger partial charge in [0.2, 0.25) is 0 Å². The number of carboxylic acid groups (broad SMARTS) is 1. The van der Waals surface area contributed by atoms with Crippen molar-refractivity contribution in [2.45, 2.75) is 46.5 Å². The fourth-order valence-electron chi connectivity index (χ4n) is 3.68. The third kappa shape index (κ3) is 1.51. The molecule has 0 spiro atoms. The second-order valence-corrected chi connectivity index (χ2v) is 5.92. The van der Waals surface area contributed by atoms with E-state index < -0.39 is 5.97 Å². The van der Waals surface area contributed by atoms with Crippen molar-refractivity contribution in [1.82, 2.24) is 0 Å². The van der Waals surface area contributed by atoms with Gasteiger partial charge in [-0.25, -0.2) is 4.79 Å². The van der Waals surface area contributed by atoms with Crippen LogP contribution in [0, 0.1) is 16.7 Å². The van der Waals surface area contributed by atoms with Gasteiger partial charge in [0.05, 0.1) is 0 Å². The summed E-state index contributed by atoms with van der Waals surface area (Å²) in [5, 5.41) is 8.94. The molecule has 2 heteroatoms. The second-order valence-electron chi connectivity index (χ2n) is 5.92. The van der Waals surface area contributed by atoms with Crippen LogP contribution < -0.4 is 0 Å². The lowest BCUT2D eigenvalue weighted by Crippen LogP contribution is -2.32. The molecule has 2 aliphatic carbocycles. The molecule has 0 amide bonds. The number of hydrogen-bond donors (Lipinski definition) is 1. The van der Waals surface area contributed by atoms with E-state index in [9.17, 15) is 4.79 Å². The Hall–Kier alpha value is -0.790. The quantitative estimate of drug-likeness (QED) is 0.707. The minimum absolute atomic E-state index is 0.110. The molecule has 2 fully saturated rings. The lowest BCUT2D eigenvalue weighted by molar-refractivity contribution is -0.132. The van der Waals surface area contributed by atoms with Gasteiger partial charge in [-0.1, -0.05) is 19.9 Å². The number of allylic oxidation sites excluding steroid dienone is 1. The van der Waals surface area contributed by atoms with Gasteiger partial charge >= 0.3 is 5.97 Å². The lowest BCUT2D eigenvalue weighted by atomic mass is 9.64. The molecular weight excluding hydrogens is 188 g/mol. The molecule has 0 aromatic carbocycles. The van der Waals surface area contributed by atoms with Crippen molar-refractivity contribution in [2.75, 3.05) is 0 Å². The first-order valence-corrected chi connectivity index (χ1v) is 5.79. The summed E-state index contributed by atoms with van der Waals surface area (Å²) in [7, 11) is 0. The van der Waals surface area contributed by atoms with Crippen LogP contribution in [0.2, 0.25) is 0 Å². The number of carbonyl (C=O) groups is 1. The number of aliphatic carboxylic acids is 1. The first kappa shape index (κ1) is 10.7. The van der Waals surface area contributed by atoms with Gasteiger partial charge in [-0.15, -0.1) is 0 Å². The summed E-state index contributed by atoms with van der Waals surface area (Å²) in [6, 6.07) is 0. The summed E-state index contributed by atoms with van der Waals surface area (Å²) in [5.41, 5.74) is 0.957. The maximum atomic E-state index is 10.9. The molecule has 15 heavy (non-hydrogen) atoms. The van der Waals surface area contributed by atoms with E-state index in [4.69, 9.17) is 5.11 Å². The Morgan fingerprint density at radius 1 is 1.40 bits per heavy atom. The van der Waals surface area contributed by atoms with Crippen molar-refractivity contribution >= 4 is 5.97 Å². The Bertz CT molecular complexity index is 331. The molecule has 2 saturated carbocycles. The van der Waals surface area contributed by atoms with Crippen molar-refractivity contribution < 1.29 is 9.90 Å². The molecule has 0 radical (unpaired) electrons. The Morgan fingerprint density at radius 3 is 2.47 bits per heavy atom. The summed E-state index contributed by atoms with van der Waals surface area (Å²) < 4.78 is 0. The van der Waals surface area contributed by atoms with Gasteiger partial charge < -0.3 is 5.11 Å². The minimum atomic E-state index is -0.775. The molecule has 2 aliphatic rings. The van der Waals surface area contributed by atoms with E-state index in [0.29, 0.717) is 11.0 Å². The van der Waals surface area contributed by atoms with E-state index in [1.54, 1.807) is 6.92 Å². The molecule has 3 atom stereocenters. The number of rotatable bonds is 2. The SMILES string of the molecule is CC(=CC1(C)CC2CCC1(C)C2)C(=O)O. The molecule has 2 nitrogen and oxygen atoms in total. The highest BCUT2D eigenvalue weighted by atomic mass is 16.4. The molecule has 2 rings (SSSR count). The monoisotopic (exact) mass is 208 g/mol. The van der Waals surface area contributed by atoms with Gasteiger partial charge in [-0.2, -0.15) is 0 Å². The molecule has 84 valence electrons. The van der Waals surface area contributed by atoms with Crippen molar-refractivity contribution in [1.29, 1.82) is 0 Å². The summed E-state index contributed by atoms with van der Waals surface area (Å²) >= 11 is 0. The van der Waals surface area contributed by atoms with E-state index >= 15 is 0 Å². The maximum absolute atomic E-state index is 10.9. The van der Waals surface area contributed by atoms with Crippen molar-refractivity contribution in [2.24, 2.45) is 16.7 Å². The minimum Gasteiger partial charge on any atom is -0.478 e. The first-order chi connectivity index (χ1) is 6.86. The second kappa shape index (κ2) is 3.10. The highest BCUT2D eigenvalue weighted by molar-refractivity contribution is 5.85. The largest absolute Gasteiger partial charge is 0.478 e. The zero-order chi connectivity index (χ0) is 11.3. The zero-order valence-corrected chi connectivity index (χ0v) is 9.84.